The van der Waals surface area contributed by atoms with E-state index >= 15 is 0 Å². The van der Waals surface area contributed by atoms with Crippen LogP contribution in [0.5, 0.6) is 0 Å². The van der Waals surface area contributed by atoms with Gasteiger partial charge in [-0.3, -0.25) is 9.59 Å². The lowest BCUT2D eigenvalue weighted by Crippen LogP contribution is -2.57. The number of amides is 2. The quantitative estimate of drug-likeness (QED) is 0.863. The second-order valence-corrected chi connectivity index (χ2v) is 8.23. The van der Waals surface area contributed by atoms with Crippen LogP contribution in [0, 0.1) is 0 Å². The van der Waals surface area contributed by atoms with Crippen LogP contribution in [0.2, 0.25) is 5.02 Å². The van der Waals surface area contributed by atoms with Gasteiger partial charge in [-0.15, -0.1) is 0 Å². The van der Waals surface area contributed by atoms with Crippen molar-refractivity contribution in [3.8, 4) is 0 Å². The monoisotopic (exact) mass is 376 g/mol. The molecule has 1 saturated carbocycles. The summed E-state index contributed by atoms with van der Waals surface area (Å²) in [6.07, 6.45) is 4.86. The Morgan fingerprint density at radius 2 is 1.81 bits per heavy atom. The molecule has 1 aromatic carbocycles. The molecular weight excluding hydrogens is 352 g/mol. The molecule has 1 N–H and O–H groups in total. The van der Waals surface area contributed by atoms with E-state index in [-0.39, 0.29) is 22.8 Å². The molecule has 2 amide bonds. The van der Waals surface area contributed by atoms with E-state index in [9.17, 15) is 9.59 Å². The molecular formula is C20H25ClN2O3. The lowest BCUT2D eigenvalue weighted by molar-refractivity contribution is -0.147. The van der Waals surface area contributed by atoms with E-state index in [2.05, 4.69) is 5.32 Å². The Kier molecular flexibility index (Phi) is 4.70. The van der Waals surface area contributed by atoms with Gasteiger partial charge in [-0.25, -0.2) is 0 Å². The fourth-order valence-electron chi connectivity index (χ4n) is 4.43. The fraction of sp³-hybridized carbons (Fsp3) is 0.600. The average molecular weight is 377 g/mol. The van der Waals surface area contributed by atoms with Crippen molar-refractivity contribution in [3.63, 3.8) is 0 Å². The van der Waals surface area contributed by atoms with Gasteiger partial charge in [-0.05, 0) is 43.4 Å². The predicted molar refractivity (Wildman–Crippen MR) is 99.1 cm³/mol. The molecule has 1 aromatic rings. The summed E-state index contributed by atoms with van der Waals surface area (Å²) in [6.45, 7) is 2.39. The summed E-state index contributed by atoms with van der Waals surface area (Å²) < 4.78 is 6.02. The highest BCUT2D eigenvalue weighted by molar-refractivity contribution is 6.30. The highest BCUT2D eigenvalue weighted by Crippen LogP contribution is 2.46. The number of benzene rings is 1. The number of hydrogen-bond acceptors (Lipinski definition) is 3. The Morgan fingerprint density at radius 3 is 2.42 bits per heavy atom. The van der Waals surface area contributed by atoms with Crippen LogP contribution in [-0.2, 0) is 19.7 Å². The number of carbonyl (C=O) groups excluding carboxylic acids is 2. The molecule has 3 aliphatic rings. The Labute approximate surface area is 159 Å². The van der Waals surface area contributed by atoms with Gasteiger partial charge < -0.3 is 15.0 Å². The normalized spacial score (nSPS) is 24.5. The first-order valence-electron chi connectivity index (χ1n) is 9.49. The third kappa shape index (κ3) is 3.12. The van der Waals surface area contributed by atoms with E-state index in [0.29, 0.717) is 37.7 Å². The summed E-state index contributed by atoms with van der Waals surface area (Å²) in [4.78, 5) is 26.9. The van der Waals surface area contributed by atoms with Gasteiger partial charge >= 0.3 is 0 Å². The molecule has 4 rings (SSSR count). The maximum atomic E-state index is 13.4. The molecule has 1 aliphatic carbocycles. The highest BCUT2D eigenvalue weighted by atomic mass is 35.5. The number of hydrogen-bond donors (Lipinski definition) is 1. The van der Waals surface area contributed by atoms with Crippen LogP contribution in [0.25, 0.3) is 0 Å². The van der Waals surface area contributed by atoms with Gasteiger partial charge in [0.25, 0.3) is 0 Å². The zero-order valence-electron chi connectivity index (χ0n) is 14.9. The molecule has 2 aliphatic heterocycles. The minimum atomic E-state index is -0.381. The number of likely N-dealkylation sites (tertiary alicyclic amines) is 1. The van der Waals surface area contributed by atoms with E-state index in [0.717, 1.165) is 37.7 Å². The Hall–Kier alpha value is -1.59. The number of nitrogens with one attached hydrogen (secondary N) is 1. The van der Waals surface area contributed by atoms with E-state index in [1.54, 1.807) is 0 Å². The first-order chi connectivity index (χ1) is 12.5. The van der Waals surface area contributed by atoms with E-state index in [4.69, 9.17) is 16.3 Å². The van der Waals surface area contributed by atoms with Gasteiger partial charge in [0.2, 0.25) is 11.8 Å². The number of nitrogens with zero attached hydrogens (tertiary/aromatic N) is 1. The molecule has 26 heavy (non-hydrogen) atoms. The highest BCUT2D eigenvalue weighted by Gasteiger charge is 2.49. The third-order valence-corrected chi connectivity index (χ3v) is 6.57. The predicted octanol–water partition coefficient (Wildman–Crippen LogP) is 2.66. The molecule has 0 atom stereocenters. The standard InChI is InChI=1S/C20H25ClN2O3/c21-16-4-2-15(3-5-16)20(7-1-8-20)18(25)23-11-9-19(10-12-23)14-22-17(24)6-13-26-19/h2-5H,1,6-14H2,(H,22,24). The number of ether oxygens (including phenoxy) is 1. The van der Waals surface area contributed by atoms with Crippen molar-refractivity contribution in [2.75, 3.05) is 26.2 Å². The minimum absolute atomic E-state index is 0.0524. The first kappa shape index (κ1) is 17.8. The molecule has 6 heteroatoms. The van der Waals surface area contributed by atoms with Gasteiger partial charge in [0, 0.05) is 31.1 Å². The summed E-state index contributed by atoms with van der Waals surface area (Å²) in [5.74, 6) is 0.287. The van der Waals surface area contributed by atoms with Crippen molar-refractivity contribution in [2.24, 2.45) is 0 Å². The number of carbonyl (C=O) groups is 2. The third-order valence-electron chi connectivity index (χ3n) is 6.32. The van der Waals surface area contributed by atoms with Crippen molar-refractivity contribution < 1.29 is 14.3 Å². The van der Waals surface area contributed by atoms with Gasteiger partial charge in [-0.1, -0.05) is 30.2 Å². The van der Waals surface area contributed by atoms with Crippen LogP contribution in [0.1, 0.15) is 44.1 Å². The largest absolute Gasteiger partial charge is 0.372 e. The van der Waals surface area contributed by atoms with E-state index < -0.39 is 0 Å². The van der Waals surface area contributed by atoms with Gasteiger partial charge in [-0.2, -0.15) is 0 Å². The molecule has 0 bridgehead atoms. The number of halogens is 1. The Morgan fingerprint density at radius 1 is 1.12 bits per heavy atom. The van der Waals surface area contributed by atoms with Crippen LogP contribution in [0.3, 0.4) is 0 Å². The molecule has 2 saturated heterocycles. The minimum Gasteiger partial charge on any atom is -0.372 e. The topological polar surface area (TPSA) is 58.6 Å². The molecule has 0 unspecified atom stereocenters. The van der Waals surface area contributed by atoms with Crippen LogP contribution in [-0.4, -0.2) is 48.6 Å². The molecule has 140 valence electrons. The summed E-state index contributed by atoms with van der Waals surface area (Å²) in [5.41, 5.74) is 0.389. The molecule has 0 radical (unpaired) electrons. The van der Waals surface area contributed by atoms with Crippen LogP contribution < -0.4 is 5.32 Å². The zero-order chi connectivity index (χ0) is 18.2. The van der Waals surface area contributed by atoms with Crippen molar-refractivity contribution >= 4 is 23.4 Å². The fourth-order valence-corrected chi connectivity index (χ4v) is 4.55. The van der Waals surface area contributed by atoms with Crippen molar-refractivity contribution in [1.29, 1.82) is 0 Å². The maximum Gasteiger partial charge on any atom is 0.233 e. The Bertz CT molecular complexity index is 692. The second-order valence-electron chi connectivity index (χ2n) is 7.79. The number of rotatable bonds is 2. The maximum absolute atomic E-state index is 13.4. The smallest absolute Gasteiger partial charge is 0.233 e. The SMILES string of the molecule is O=C1CCOC2(CCN(C(=O)C3(c4ccc(Cl)cc4)CCC3)CC2)CN1. The average Bonchev–Trinajstić information content (AvgIpc) is 2.78. The van der Waals surface area contributed by atoms with E-state index in [1.807, 2.05) is 29.2 Å². The van der Waals surface area contributed by atoms with Crippen molar-refractivity contribution in [3.05, 3.63) is 34.9 Å². The lowest BCUT2D eigenvalue weighted by Gasteiger charge is -2.47. The van der Waals surface area contributed by atoms with Gasteiger partial charge in [0.05, 0.1) is 17.6 Å². The summed E-state index contributed by atoms with van der Waals surface area (Å²) in [5, 5.41) is 3.65. The number of piperidine rings is 1. The van der Waals surface area contributed by atoms with Crippen molar-refractivity contribution in [1.82, 2.24) is 10.2 Å². The van der Waals surface area contributed by atoms with Crippen molar-refractivity contribution in [2.45, 2.75) is 49.5 Å². The van der Waals surface area contributed by atoms with Gasteiger partial charge in [0.1, 0.15) is 0 Å². The first-order valence-corrected chi connectivity index (χ1v) is 9.87. The molecule has 3 fully saturated rings. The van der Waals surface area contributed by atoms with E-state index in [1.165, 1.54) is 0 Å². The van der Waals surface area contributed by atoms with Crippen LogP contribution in [0.15, 0.2) is 24.3 Å². The van der Waals surface area contributed by atoms with Crippen LogP contribution >= 0.6 is 11.6 Å². The summed E-state index contributed by atoms with van der Waals surface area (Å²) >= 11 is 6.02. The molecule has 5 nitrogen and oxygen atoms in total. The Balaban J connectivity index is 1.46. The summed E-state index contributed by atoms with van der Waals surface area (Å²) in [7, 11) is 0. The summed E-state index contributed by atoms with van der Waals surface area (Å²) in [6, 6.07) is 7.73. The second kappa shape index (κ2) is 6.86. The zero-order valence-corrected chi connectivity index (χ0v) is 15.7. The molecule has 2 heterocycles. The van der Waals surface area contributed by atoms with Crippen LogP contribution in [0.4, 0.5) is 0 Å². The van der Waals surface area contributed by atoms with Gasteiger partial charge in [0.15, 0.2) is 0 Å². The molecule has 0 aromatic heterocycles. The lowest BCUT2D eigenvalue weighted by atomic mass is 9.63. The molecule has 1 spiro atoms.